The molecule has 3 rings (SSSR count). The molecule has 1 amide bonds. The molecule has 0 unspecified atom stereocenters. The second kappa shape index (κ2) is 10.6. The Kier molecular flexibility index (Phi) is 7.84. The summed E-state index contributed by atoms with van der Waals surface area (Å²) in [6.07, 6.45) is 3.37. The number of thioether (sulfide) groups is 2. The third-order valence-corrected chi connectivity index (χ3v) is 6.95. The van der Waals surface area contributed by atoms with Gasteiger partial charge in [-0.3, -0.25) is 9.78 Å². The Morgan fingerprint density at radius 1 is 1.11 bits per heavy atom. The molecule has 1 N–H and O–H groups in total. The van der Waals surface area contributed by atoms with Crippen LogP contribution in [-0.4, -0.2) is 32.6 Å². The summed E-state index contributed by atoms with van der Waals surface area (Å²) in [7, 11) is 0. The fourth-order valence-electron chi connectivity index (χ4n) is 2.00. The molecule has 0 spiro atoms. The van der Waals surface area contributed by atoms with Crippen LogP contribution in [0, 0.1) is 0 Å². The number of halogens is 1. The standard InChI is InChI=1S/C18H16ClN5OS3/c1-12(14-6-8-20-9-7-14)21-22-16(25)11-27-18-24-23-17(28-18)26-10-13-2-4-15(19)5-3-13/h2-9H,10-11H2,1H3,(H,22,25)/b21-12+. The lowest BCUT2D eigenvalue weighted by Gasteiger charge is -2.01. The van der Waals surface area contributed by atoms with E-state index >= 15 is 0 Å². The quantitative estimate of drug-likeness (QED) is 0.309. The van der Waals surface area contributed by atoms with Crippen LogP contribution in [0.3, 0.4) is 0 Å². The molecule has 0 bridgehead atoms. The van der Waals surface area contributed by atoms with E-state index in [2.05, 4.69) is 25.7 Å². The lowest BCUT2D eigenvalue weighted by Crippen LogP contribution is -2.21. The van der Waals surface area contributed by atoms with Gasteiger partial charge in [0.05, 0.1) is 11.5 Å². The minimum atomic E-state index is -0.191. The number of hydrogen-bond acceptors (Lipinski definition) is 8. The molecule has 144 valence electrons. The van der Waals surface area contributed by atoms with Crippen molar-refractivity contribution in [2.45, 2.75) is 21.4 Å². The van der Waals surface area contributed by atoms with Gasteiger partial charge in [0.1, 0.15) is 0 Å². The minimum absolute atomic E-state index is 0.191. The molecule has 0 atom stereocenters. The van der Waals surface area contributed by atoms with E-state index in [1.165, 1.54) is 28.7 Å². The molecular formula is C18H16ClN5OS3. The highest BCUT2D eigenvalue weighted by Crippen LogP contribution is 2.30. The predicted molar refractivity (Wildman–Crippen MR) is 116 cm³/mol. The molecule has 0 saturated heterocycles. The second-order valence-electron chi connectivity index (χ2n) is 5.51. The number of rotatable bonds is 8. The second-order valence-corrected chi connectivity index (χ2v) is 9.36. The monoisotopic (exact) mass is 449 g/mol. The van der Waals surface area contributed by atoms with Gasteiger partial charge in [0.15, 0.2) is 8.68 Å². The molecule has 10 heteroatoms. The number of pyridine rings is 1. The fourth-order valence-corrected chi connectivity index (χ4v) is 4.90. The average Bonchev–Trinajstić information content (AvgIpc) is 3.18. The van der Waals surface area contributed by atoms with Crippen molar-refractivity contribution in [3.8, 4) is 0 Å². The van der Waals surface area contributed by atoms with E-state index in [-0.39, 0.29) is 11.7 Å². The Morgan fingerprint density at radius 3 is 2.50 bits per heavy atom. The van der Waals surface area contributed by atoms with Gasteiger partial charge in [-0.25, -0.2) is 5.43 Å². The molecule has 0 aliphatic rings. The Bertz CT molecular complexity index is 947. The molecule has 6 nitrogen and oxygen atoms in total. The first-order valence-corrected chi connectivity index (χ1v) is 11.3. The Labute approximate surface area is 180 Å². The Morgan fingerprint density at radius 2 is 1.79 bits per heavy atom. The highest BCUT2D eigenvalue weighted by Gasteiger charge is 2.09. The summed E-state index contributed by atoms with van der Waals surface area (Å²) in [4.78, 5) is 15.9. The molecule has 1 aromatic carbocycles. The smallest absolute Gasteiger partial charge is 0.250 e. The van der Waals surface area contributed by atoms with Crippen LogP contribution in [0.4, 0.5) is 0 Å². The third-order valence-electron chi connectivity index (χ3n) is 3.44. The zero-order valence-electron chi connectivity index (χ0n) is 14.8. The van der Waals surface area contributed by atoms with E-state index in [1.54, 1.807) is 24.2 Å². The first-order chi connectivity index (χ1) is 13.6. The SMILES string of the molecule is C/C(=N\NC(=O)CSc1nnc(SCc2ccc(Cl)cc2)s1)c1ccncc1. The molecule has 0 aliphatic carbocycles. The molecule has 0 aliphatic heterocycles. The lowest BCUT2D eigenvalue weighted by atomic mass is 10.2. The van der Waals surface area contributed by atoms with E-state index in [4.69, 9.17) is 11.6 Å². The van der Waals surface area contributed by atoms with Gasteiger partial charge in [0.25, 0.3) is 5.91 Å². The van der Waals surface area contributed by atoms with Crippen molar-refractivity contribution in [1.82, 2.24) is 20.6 Å². The normalized spacial score (nSPS) is 11.4. The molecular weight excluding hydrogens is 434 g/mol. The molecule has 0 saturated carbocycles. The topological polar surface area (TPSA) is 80.1 Å². The zero-order valence-corrected chi connectivity index (χ0v) is 18.0. The third kappa shape index (κ3) is 6.59. The summed E-state index contributed by atoms with van der Waals surface area (Å²) in [5, 5.41) is 13.1. The summed E-state index contributed by atoms with van der Waals surface area (Å²) in [5.74, 6) is 0.827. The van der Waals surface area contributed by atoms with Crippen LogP contribution >= 0.6 is 46.5 Å². The maximum atomic E-state index is 12.0. The van der Waals surface area contributed by atoms with Crippen molar-refractivity contribution in [1.29, 1.82) is 0 Å². The number of hydrogen-bond donors (Lipinski definition) is 1. The highest BCUT2D eigenvalue weighted by molar-refractivity contribution is 8.03. The molecule has 2 aromatic heterocycles. The first-order valence-electron chi connectivity index (χ1n) is 8.17. The van der Waals surface area contributed by atoms with E-state index in [0.717, 1.165) is 30.7 Å². The molecule has 0 radical (unpaired) electrons. The van der Waals surface area contributed by atoms with E-state index in [9.17, 15) is 4.79 Å². The maximum Gasteiger partial charge on any atom is 0.250 e. The van der Waals surface area contributed by atoms with Gasteiger partial charge in [0, 0.05) is 28.7 Å². The largest absolute Gasteiger partial charge is 0.272 e. The summed E-state index contributed by atoms with van der Waals surface area (Å²) >= 11 is 10.3. The number of aromatic nitrogens is 3. The van der Waals surface area contributed by atoms with Crippen LogP contribution in [0.2, 0.25) is 5.02 Å². The van der Waals surface area contributed by atoms with Crippen LogP contribution in [0.1, 0.15) is 18.1 Å². The first kappa shape index (κ1) is 20.8. The Balaban J connectivity index is 1.43. The average molecular weight is 450 g/mol. The number of carbonyl (C=O) groups excluding carboxylic acids is 1. The van der Waals surface area contributed by atoms with Crippen molar-refractivity contribution < 1.29 is 4.79 Å². The lowest BCUT2D eigenvalue weighted by molar-refractivity contribution is -0.118. The summed E-state index contributed by atoms with van der Waals surface area (Å²) in [5.41, 5.74) is 5.36. The van der Waals surface area contributed by atoms with Gasteiger partial charge >= 0.3 is 0 Å². The summed E-state index contributed by atoms with van der Waals surface area (Å²) in [6.45, 7) is 1.83. The van der Waals surface area contributed by atoms with E-state index in [1.807, 2.05) is 43.3 Å². The van der Waals surface area contributed by atoms with E-state index < -0.39 is 0 Å². The van der Waals surface area contributed by atoms with Crippen molar-refractivity contribution >= 4 is 58.1 Å². The summed E-state index contributed by atoms with van der Waals surface area (Å²) in [6, 6.07) is 11.4. The van der Waals surface area contributed by atoms with Crippen molar-refractivity contribution in [2.24, 2.45) is 5.10 Å². The number of carbonyl (C=O) groups is 1. The number of nitrogens with one attached hydrogen (secondary N) is 1. The molecule has 28 heavy (non-hydrogen) atoms. The van der Waals surface area contributed by atoms with Gasteiger partial charge < -0.3 is 0 Å². The van der Waals surface area contributed by atoms with Crippen molar-refractivity contribution in [3.63, 3.8) is 0 Å². The van der Waals surface area contributed by atoms with Crippen molar-refractivity contribution in [2.75, 3.05) is 5.75 Å². The molecule has 3 aromatic rings. The van der Waals surface area contributed by atoms with Gasteiger partial charge in [-0.2, -0.15) is 5.10 Å². The molecule has 2 heterocycles. The van der Waals surface area contributed by atoms with Crippen LogP contribution in [0.15, 0.2) is 62.6 Å². The number of benzene rings is 1. The molecule has 0 fully saturated rings. The van der Waals surface area contributed by atoms with Crippen molar-refractivity contribution in [3.05, 3.63) is 64.9 Å². The van der Waals surface area contributed by atoms with Gasteiger partial charge in [-0.05, 0) is 36.8 Å². The van der Waals surface area contributed by atoms with Gasteiger partial charge in [-0.15, -0.1) is 10.2 Å². The predicted octanol–water partition coefficient (Wildman–Crippen LogP) is 4.51. The maximum absolute atomic E-state index is 12.0. The van der Waals surface area contributed by atoms with Gasteiger partial charge in [0.2, 0.25) is 0 Å². The number of nitrogens with zero attached hydrogens (tertiary/aromatic N) is 4. The van der Waals surface area contributed by atoms with E-state index in [0.29, 0.717) is 0 Å². The fraction of sp³-hybridized carbons (Fsp3) is 0.167. The summed E-state index contributed by atoms with van der Waals surface area (Å²) < 4.78 is 1.62. The Hall–Kier alpha value is -1.94. The number of hydrazone groups is 1. The highest BCUT2D eigenvalue weighted by atomic mass is 35.5. The van der Waals surface area contributed by atoms with Crippen LogP contribution in [-0.2, 0) is 10.5 Å². The van der Waals surface area contributed by atoms with Crippen LogP contribution < -0.4 is 5.43 Å². The van der Waals surface area contributed by atoms with Crippen LogP contribution in [0.25, 0.3) is 0 Å². The zero-order chi connectivity index (χ0) is 19.8. The number of amides is 1. The van der Waals surface area contributed by atoms with Gasteiger partial charge in [-0.1, -0.05) is 58.6 Å². The van der Waals surface area contributed by atoms with Crippen LogP contribution in [0.5, 0.6) is 0 Å². The minimum Gasteiger partial charge on any atom is -0.272 e.